The van der Waals surface area contributed by atoms with Crippen LogP contribution in [0, 0.1) is 22.5 Å². The van der Waals surface area contributed by atoms with Crippen molar-refractivity contribution in [2.24, 2.45) is 16.6 Å². The maximum atomic E-state index is 14.5. The normalized spacial score (nSPS) is 21.1. The topological polar surface area (TPSA) is 105 Å². The summed E-state index contributed by atoms with van der Waals surface area (Å²) in [5.74, 6) is -1.15. The van der Waals surface area contributed by atoms with E-state index >= 15 is 0 Å². The molecule has 0 radical (unpaired) electrons. The van der Waals surface area contributed by atoms with Gasteiger partial charge in [0.25, 0.3) is 0 Å². The van der Waals surface area contributed by atoms with Crippen LogP contribution in [0.15, 0.2) is 71.6 Å². The summed E-state index contributed by atoms with van der Waals surface area (Å²) in [7, 11) is 0. The Balaban J connectivity index is 1.59. The fourth-order valence-corrected chi connectivity index (χ4v) is 7.50. The number of carbonyl (C=O) groups is 2. The Morgan fingerprint density at radius 2 is 1.76 bits per heavy atom. The average Bonchev–Trinajstić information content (AvgIpc) is 3.45. The van der Waals surface area contributed by atoms with E-state index in [9.17, 15) is 23.5 Å². The summed E-state index contributed by atoms with van der Waals surface area (Å²) in [6.45, 7) is 7.88. The number of ether oxygens (including phenoxy) is 1. The third-order valence-electron chi connectivity index (χ3n) is 8.63. The minimum atomic E-state index is -1.74. The lowest BCUT2D eigenvalue weighted by atomic mass is 9.57. The lowest BCUT2D eigenvalue weighted by molar-refractivity contribution is -0.162. The largest absolute Gasteiger partial charge is 0.456 e. The van der Waals surface area contributed by atoms with Crippen molar-refractivity contribution in [3.8, 4) is 11.5 Å². The van der Waals surface area contributed by atoms with Crippen LogP contribution in [-0.2, 0) is 22.6 Å². The van der Waals surface area contributed by atoms with E-state index in [1.165, 1.54) is 0 Å². The highest BCUT2D eigenvalue weighted by atomic mass is 32.1. The smallest absolute Gasteiger partial charge is 0.231 e. The van der Waals surface area contributed by atoms with Crippen LogP contribution in [0.2, 0.25) is 0 Å². The van der Waals surface area contributed by atoms with E-state index in [0.717, 1.165) is 53.0 Å². The summed E-state index contributed by atoms with van der Waals surface area (Å²) in [6.07, 6.45) is 2.33. The number of hydrogen-bond acceptors (Lipinski definition) is 6. The maximum Gasteiger partial charge on any atom is 0.231 e. The Morgan fingerprint density at radius 1 is 1.09 bits per heavy atom. The predicted molar refractivity (Wildman–Crippen MR) is 177 cm³/mol. The second-order valence-electron chi connectivity index (χ2n) is 12.3. The summed E-state index contributed by atoms with van der Waals surface area (Å²) >= 11 is 1.58. The van der Waals surface area contributed by atoms with Gasteiger partial charge in [0.2, 0.25) is 11.8 Å². The molecule has 4 rings (SSSR count). The molecule has 1 aliphatic rings. The third-order valence-corrected chi connectivity index (χ3v) is 9.53. The van der Waals surface area contributed by atoms with Crippen LogP contribution < -0.4 is 15.8 Å². The molecule has 3 atom stereocenters. The van der Waals surface area contributed by atoms with Crippen molar-refractivity contribution in [1.82, 2.24) is 10.2 Å². The molecule has 0 spiro atoms. The quantitative estimate of drug-likeness (QED) is 0.117. The number of carbonyl (C=O) groups excluding carboxylic acids is 2. The van der Waals surface area contributed by atoms with Crippen molar-refractivity contribution in [2.45, 2.75) is 71.9 Å². The second-order valence-corrected chi connectivity index (χ2v) is 13.3. The standard InChI is InChI=1S/C36H45F2N3O4S/c1-4-15-41(16-5-2)34(44)35(13-9-14-40-24-31-30(12-17-46-31)45-29-10-7-6-8-11-29)21-25(3)22-36(32(35)42,33(39)43)23-26-18-27(37)20-28(38)19-26/h6-8,10-12,17-20,22,32,40,42H,4-5,9,13-16,21,23-24H2,1-3H3,(H2,39,43)/t32-,35?,36-/m1/s1. The monoisotopic (exact) mass is 653 g/mol. The minimum Gasteiger partial charge on any atom is -0.456 e. The molecule has 2 aromatic carbocycles. The molecule has 1 heterocycles. The van der Waals surface area contributed by atoms with Crippen molar-refractivity contribution < 1.29 is 28.2 Å². The highest BCUT2D eigenvalue weighted by Gasteiger charge is 2.59. The summed E-state index contributed by atoms with van der Waals surface area (Å²) in [5.41, 5.74) is 3.80. The van der Waals surface area contributed by atoms with E-state index in [2.05, 4.69) is 5.32 Å². The zero-order valence-electron chi connectivity index (χ0n) is 26.9. The van der Waals surface area contributed by atoms with E-state index < -0.39 is 34.5 Å². The van der Waals surface area contributed by atoms with E-state index in [1.807, 2.05) is 62.5 Å². The molecule has 10 heteroatoms. The third kappa shape index (κ3) is 8.03. The number of nitrogens with zero attached hydrogens (tertiary/aromatic N) is 1. The predicted octanol–water partition coefficient (Wildman–Crippen LogP) is 6.75. The highest BCUT2D eigenvalue weighted by molar-refractivity contribution is 7.10. The van der Waals surface area contributed by atoms with Gasteiger partial charge in [0, 0.05) is 25.7 Å². The maximum absolute atomic E-state index is 14.5. The number of aliphatic hydroxyl groups excluding tert-OH is 1. The first-order valence-corrected chi connectivity index (χ1v) is 16.8. The second kappa shape index (κ2) is 15.8. The van der Waals surface area contributed by atoms with Gasteiger partial charge < -0.3 is 25.8 Å². The molecule has 3 aromatic rings. The highest BCUT2D eigenvalue weighted by Crippen LogP contribution is 2.51. The van der Waals surface area contributed by atoms with Gasteiger partial charge in [-0.2, -0.15) is 0 Å². The van der Waals surface area contributed by atoms with Crippen LogP contribution in [0.25, 0.3) is 0 Å². The SMILES string of the molecule is CCCN(CCC)C(=O)C1(CCCNCc2sccc2Oc2ccccc2)CC(C)=C[C@](Cc2cc(F)cc(F)c2)(C(N)=O)[C@@H]1O. The van der Waals surface area contributed by atoms with Crippen molar-refractivity contribution in [3.05, 3.63) is 93.7 Å². The molecule has 0 saturated carbocycles. The van der Waals surface area contributed by atoms with Gasteiger partial charge >= 0.3 is 0 Å². The number of nitrogens with one attached hydrogen (secondary N) is 1. The lowest BCUT2D eigenvalue weighted by Gasteiger charge is -2.50. The number of primary amides is 1. The number of halogens is 2. The van der Waals surface area contributed by atoms with E-state index in [1.54, 1.807) is 22.3 Å². The average molecular weight is 654 g/mol. The molecule has 46 heavy (non-hydrogen) atoms. The number of nitrogens with two attached hydrogens (primary N) is 1. The molecule has 7 nitrogen and oxygen atoms in total. The Bertz CT molecular complexity index is 1490. The Morgan fingerprint density at radius 3 is 2.39 bits per heavy atom. The van der Waals surface area contributed by atoms with Crippen molar-refractivity contribution in [1.29, 1.82) is 0 Å². The number of thiophene rings is 1. The zero-order chi connectivity index (χ0) is 33.3. The van der Waals surface area contributed by atoms with Gasteiger partial charge in [0.15, 0.2) is 0 Å². The number of benzene rings is 2. The molecule has 1 unspecified atom stereocenters. The molecule has 0 fully saturated rings. The number of allylic oxidation sites excluding steroid dienone is 1. The first-order chi connectivity index (χ1) is 22.0. The van der Waals surface area contributed by atoms with Crippen LogP contribution >= 0.6 is 11.3 Å². The van der Waals surface area contributed by atoms with Crippen LogP contribution in [0.1, 0.15) is 63.3 Å². The van der Waals surface area contributed by atoms with Crippen molar-refractivity contribution in [2.75, 3.05) is 19.6 Å². The molecule has 1 aliphatic carbocycles. The molecule has 0 aliphatic heterocycles. The summed E-state index contributed by atoms with van der Waals surface area (Å²) in [4.78, 5) is 30.6. The first-order valence-electron chi connectivity index (χ1n) is 15.9. The Hall–Kier alpha value is -3.60. The van der Waals surface area contributed by atoms with E-state index in [-0.39, 0.29) is 30.7 Å². The number of aliphatic hydroxyl groups is 1. The van der Waals surface area contributed by atoms with Crippen molar-refractivity contribution >= 4 is 23.2 Å². The zero-order valence-corrected chi connectivity index (χ0v) is 27.7. The minimum absolute atomic E-state index is 0.174. The van der Waals surface area contributed by atoms with Gasteiger partial charge in [-0.1, -0.05) is 43.7 Å². The molecule has 2 amide bonds. The molecular formula is C36H45F2N3O4S. The molecule has 1 aromatic heterocycles. The number of amides is 2. The summed E-state index contributed by atoms with van der Waals surface area (Å²) in [6, 6.07) is 14.5. The molecule has 248 valence electrons. The molecule has 4 N–H and O–H groups in total. The van der Waals surface area contributed by atoms with Gasteiger partial charge in [0.1, 0.15) is 23.1 Å². The number of rotatable bonds is 16. The molecule has 0 saturated heterocycles. The van der Waals surface area contributed by atoms with Crippen LogP contribution in [-0.4, -0.2) is 47.6 Å². The van der Waals surface area contributed by atoms with E-state index in [4.69, 9.17) is 10.5 Å². The van der Waals surface area contributed by atoms with Crippen LogP contribution in [0.4, 0.5) is 8.78 Å². The summed E-state index contributed by atoms with van der Waals surface area (Å²) < 4.78 is 34.5. The Kier molecular flexibility index (Phi) is 12.1. The van der Waals surface area contributed by atoms with Gasteiger partial charge in [-0.25, -0.2) is 8.78 Å². The first kappa shape index (κ1) is 35.3. The Labute approximate surface area is 274 Å². The van der Waals surface area contributed by atoms with Crippen molar-refractivity contribution in [3.63, 3.8) is 0 Å². The van der Waals surface area contributed by atoms with Gasteiger partial charge in [0.05, 0.1) is 21.8 Å². The van der Waals surface area contributed by atoms with Crippen LogP contribution in [0.5, 0.6) is 11.5 Å². The fraction of sp³-hybridized carbons (Fsp3) is 0.444. The number of hydrogen-bond donors (Lipinski definition) is 3. The molecular weight excluding hydrogens is 608 g/mol. The lowest BCUT2D eigenvalue weighted by Crippen LogP contribution is -2.62. The summed E-state index contributed by atoms with van der Waals surface area (Å²) in [5, 5.41) is 17.7. The molecule has 0 bridgehead atoms. The van der Waals surface area contributed by atoms with E-state index in [0.29, 0.717) is 32.6 Å². The fourth-order valence-electron chi connectivity index (χ4n) is 6.74. The van der Waals surface area contributed by atoms with Gasteiger partial charge in [-0.05, 0) is 93.3 Å². The van der Waals surface area contributed by atoms with Gasteiger partial charge in [-0.15, -0.1) is 11.3 Å². The number of para-hydroxylation sites is 1. The van der Waals surface area contributed by atoms with Crippen LogP contribution in [0.3, 0.4) is 0 Å². The van der Waals surface area contributed by atoms with Gasteiger partial charge in [-0.3, -0.25) is 9.59 Å².